The minimum absolute atomic E-state index is 0. The topological polar surface area (TPSA) is 199 Å². The van der Waals surface area contributed by atoms with Gasteiger partial charge in [-0.15, -0.1) is 11.3 Å². The van der Waals surface area contributed by atoms with Gasteiger partial charge in [-0.3, -0.25) is 14.4 Å². The minimum atomic E-state index is -1.85. The van der Waals surface area contributed by atoms with Crippen molar-refractivity contribution >= 4 is 45.9 Å². The predicted octanol–water partition coefficient (Wildman–Crippen LogP) is -9.62. The number of hydroxylamine groups is 2. The van der Waals surface area contributed by atoms with Crippen molar-refractivity contribution in [2.45, 2.75) is 38.5 Å². The first-order chi connectivity index (χ1) is 13.4. The standard InChI is InChI=1S/C15H19N5O8S.2Na/c1-6-9(12(24)20(6)27-4-8(21)22)18-11(23)10(7-5-29-14(16)17-7)19-28-15(2,3)13(25)26;;/h5-6,9H,4H2,1-3H3,(H2,16,17)(H,18,23)(H,21,22)(H,25,26);;/q;2*+1/p-2/b19-10-;;/t6-,9-;;/m0../s1. The van der Waals surface area contributed by atoms with Crippen molar-refractivity contribution in [3.05, 3.63) is 11.1 Å². The molecular formula is C15H17N5Na2O8S. The summed E-state index contributed by atoms with van der Waals surface area (Å²) < 4.78 is 0. The van der Waals surface area contributed by atoms with Crippen LogP contribution in [0.15, 0.2) is 10.5 Å². The van der Waals surface area contributed by atoms with Crippen molar-refractivity contribution in [1.29, 1.82) is 0 Å². The van der Waals surface area contributed by atoms with E-state index in [9.17, 15) is 29.4 Å². The molecule has 13 nitrogen and oxygen atoms in total. The van der Waals surface area contributed by atoms with Gasteiger partial charge < -0.3 is 35.7 Å². The molecular weight excluding hydrogens is 456 g/mol. The van der Waals surface area contributed by atoms with Crippen LogP contribution in [0.4, 0.5) is 5.13 Å². The van der Waals surface area contributed by atoms with Gasteiger partial charge in [0.05, 0.1) is 18.0 Å². The van der Waals surface area contributed by atoms with Crippen molar-refractivity contribution in [2.75, 3.05) is 12.3 Å². The second kappa shape index (κ2) is 12.1. The number of thiazole rings is 1. The first kappa shape index (κ1) is 29.7. The molecule has 1 aromatic heterocycles. The van der Waals surface area contributed by atoms with Crippen molar-refractivity contribution < 1.29 is 98.2 Å². The second-order valence-corrected chi connectivity index (χ2v) is 7.29. The van der Waals surface area contributed by atoms with E-state index in [0.717, 1.165) is 16.4 Å². The van der Waals surface area contributed by atoms with Gasteiger partial charge in [0, 0.05) is 5.38 Å². The van der Waals surface area contributed by atoms with Gasteiger partial charge in [-0.25, -0.2) is 10.0 Å². The Morgan fingerprint density at radius 2 is 1.97 bits per heavy atom. The van der Waals surface area contributed by atoms with E-state index in [0.29, 0.717) is 0 Å². The fourth-order valence-corrected chi connectivity index (χ4v) is 2.64. The van der Waals surface area contributed by atoms with Gasteiger partial charge in [0.15, 0.2) is 16.4 Å². The Hall–Kier alpha value is -1.26. The fraction of sp³-hybridized carbons (Fsp3) is 0.467. The smallest absolute Gasteiger partial charge is 0.548 e. The number of anilines is 1. The number of amides is 2. The van der Waals surface area contributed by atoms with Crippen molar-refractivity contribution in [3.63, 3.8) is 0 Å². The molecule has 0 bridgehead atoms. The Labute approximate surface area is 224 Å². The van der Waals surface area contributed by atoms with E-state index in [1.165, 1.54) is 26.2 Å². The average Bonchev–Trinajstić information content (AvgIpc) is 3.05. The van der Waals surface area contributed by atoms with Gasteiger partial charge in [-0.1, -0.05) is 5.16 Å². The SMILES string of the molecule is C[C@H]1[C@H](NC(=O)/C(=N\OC(C)(C)C(=O)[O-])c2csc(N)n2)C(=O)N1OCC(=O)[O-].[Na+].[Na+]. The van der Waals surface area contributed by atoms with Crippen LogP contribution in [0.3, 0.4) is 0 Å². The van der Waals surface area contributed by atoms with E-state index in [1.54, 1.807) is 0 Å². The zero-order chi connectivity index (χ0) is 21.9. The van der Waals surface area contributed by atoms with Gasteiger partial charge in [0.2, 0.25) is 0 Å². The van der Waals surface area contributed by atoms with E-state index >= 15 is 0 Å². The largest absolute Gasteiger partial charge is 1.00 e. The van der Waals surface area contributed by atoms with Crippen LogP contribution in [0.1, 0.15) is 26.5 Å². The van der Waals surface area contributed by atoms with Gasteiger partial charge in [-0.05, 0) is 20.8 Å². The molecule has 158 valence electrons. The summed E-state index contributed by atoms with van der Waals surface area (Å²) in [6.07, 6.45) is 0. The summed E-state index contributed by atoms with van der Waals surface area (Å²) in [6.45, 7) is 3.02. The van der Waals surface area contributed by atoms with Crippen molar-refractivity contribution in [2.24, 2.45) is 5.16 Å². The molecule has 1 fully saturated rings. The number of hydrogen-bond acceptors (Lipinski definition) is 12. The van der Waals surface area contributed by atoms with Crippen molar-refractivity contribution in [3.8, 4) is 0 Å². The Bertz CT molecular complexity index is 877. The van der Waals surface area contributed by atoms with E-state index < -0.39 is 53.8 Å². The van der Waals surface area contributed by atoms with Crippen LogP contribution in [0.25, 0.3) is 0 Å². The number of hydrogen-bond donors (Lipinski definition) is 2. The van der Waals surface area contributed by atoms with Crippen LogP contribution >= 0.6 is 11.3 Å². The molecule has 0 radical (unpaired) electrons. The molecule has 1 aliphatic heterocycles. The second-order valence-electron chi connectivity index (χ2n) is 6.40. The summed E-state index contributed by atoms with van der Waals surface area (Å²) in [5.41, 5.74) is 3.29. The molecule has 1 aromatic rings. The maximum Gasteiger partial charge on any atom is 1.00 e. The molecule has 0 saturated carbocycles. The summed E-state index contributed by atoms with van der Waals surface area (Å²) >= 11 is 1.00. The normalized spacial score (nSPS) is 18.2. The number of β-lactam (4-membered cyclic amide) rings is 1. The van der Waals surface area contributed by atoms with Crippen LogP contribution in [-0.4, -0.2) is 63.8 Å². The third-order valence-corrected chi connectivity index (χ3v) is 4.45. The Morgan fingerprint density at radius 1 is 1.35 bits per heavy atom. The Balaban J connectivity index is 0.00000450. The summed E-state index contributed by atoms with van der Waals surface area (Å²) in [5.74, 6) is -4.67. The molecule has 2 heterocycles. The number of aliphatic carboxylic acids is 2. The first-order valence-corrected chi connectivity index (χ1v) is 8.97. The predicted molar refractivity (Wildman–Crippen MR) is 92.4 cm³/mol. The number of rotatable bonds is 9. The minimum Gasteiger partial charge on any atom is -0.548 e. The first-order valence-electron chi connectivity index (χ1n) is 8.09. The number of nitrogens with one attached hydrogen (secondary N) is 1. The van der Waals surface area contributed by atoms with Gasteiger partial charge >= 0.3 is 59.1 Å². The molecule has 2 rings (SSSR count). The average molecular weight is 473 g/mol. The molecule has 0 aliphatic carbocycles. The van der Waals surface area contributed by atoms with Crippen LogP contribution in [-0.2, 0) is 28.9 Å². The molecule has 1 aliphatic rings. The summed E-state index contributed by atoms with van der Waals surface area (Å²) in [4.78, 5) is 59.8. The van der Waals surface area contributed by atoms with Crippen LogP contribution in [0.2, 0.25) is 0 Å². The number of carbonyl (C=O) groups excluding carboxylic acids is 4. The van der Waals surface area contributed by atoms with Crippen LogP contribution in [0, 0.1) is 0 Å². The molecule has 2 amide bonds. The summed E-state index contributed by atoms with van der Waals surface area (Å²) in [5, 5.41) is 29.7. The summed E-state index contributed by atoms with van der Waals surface area (Å²) in [6, 6.07) is -1.73. The molecule has 0 aromatic carbocycles. The molecule has 16 heteroatoms. The zero-order valence-corrected chi connectivity index (χ0v) is 22.3. The number of nitrogens with two attached hydrogens (primary N) is 1. The number of aromatic nitrogens is 1. The van der Waals surface area contributed by atoms with E-state index in [1.807, 2.05) is 0 Å². The fourth-order valence-electron chi connectivity index (χ4n) is 2.09. The maximum absolute atomic E-state index is 12.6. The zero-order valence-electron chi connectivity index (χ0n) is 17.5. The van der Waals surface area contributed by atoms with Gasteiger partial charge in [-0.2, -0.15) is 0 Å². The monoisotopic (exact) mass is 473 g/mol. The van der Waals surface area contributed by atoms with Crippen molar-refractivity contribution in [1.82, 2.24) is 15.4 Å². The Morgan fingerprint density at radius 3 is 2.42 bits per heavy atom. The van der Waals surface area contributed by atoms with Crippen LogP contribution in [0.5, 0.6) is 0 Å². The molecule has 31 heavy (non-hydrogen) atoms. The molecule has 0 unspecified atom stereocenters. The molecule has 0 spiro atoms. The third-order valence-electron chi connectivity index (χ3n) is 3.78. The summed E-state index contributed by atoms with van der Waals surface area (Å²) in [7, 11) is 0. The van der Waals surface area contributed by atoms with E-state index in [2.05, 4.69) is 15.5 Å². The molecule has 3 N–H and O–H groups in total. The maximum atomic E-state index is 12.6. The number of carboxylic acid groups (broad SMARTS) is 2. The quantitative estimate of drug-likeness (QED) is 0.150. The van der Waals surface area contributed by atoms with Gasteiger partial charge in [0.25, 0.3) is 11.8 Å². The van der Waals surface area contributed by atoms with Gasteiger partial charge in [0.1, 0.15) is 18.3 Å². The molecule has 2 atom stereocenters. The molecule has 1 saturated heterocycles. The number of carboxylic acids is 2. The number of nitrogen functional groups attached to an aromatic ring is 1. The third kappa shape index (κ3) is 7.39. The Kier molecular flexibility index (Phi) is 11.6. The van der Waals surface area contributed by atoms with E-state index in [4.69, 9.17) is 15.4 Å². The number of carbonyl (C=O) groups is 4. The number of nitrogens with zero attached hydrogens (tertiary/aromatic N) is 3. The van der Waals surface area contributed by atoms with Crippen LogP contribution < -0.4 is 80.4 Å². The van der Waals surface area contributed by atoms with E-state index in [-0.39, 0.29) is 69.9 Å². The number of oxime groups is 1.